The Morgan fingerprint density at radius 1 is 1.17 bits per heavy atom. The van der Waals surface area contributed by atoms with E-state index in [9.17, 15) is 9.59 Å². The second kappa shape index (κ2) is 7.75. The first-order valence-electron chi connectivity index (χ1n) is 9.41. The van der Waals surface area contributed by atoms with Crippen LogP contribution in [0.5, 0.6) is 0 Å². The van der Waals surface area contributed by atoms with Gasteiger partial charge in [-0.05, 0) is 56.2 Å². The molecule has 0 spiro atoms. The Balaban J connectivity index is 1.58. The van der Waals surface area contributed by atoms with E-state index in [-0.39, 0.29) is 18.4 Å². The largest absolute Gasteiger partial charge is 0.323 e. The molecule has 0 saturated carbocycles. The average Bonchev–Trinajstić information content (AvgIpc) is 3.14. The first kappa shape index (κ1) is 19.3. The third-order valence-corrected chi connectivity index (χ3v) is 5.83. The van der Waals surface area contributed by atoms with Crippen LogP contribution in [0.4, 0.5) is 11.4 Å². The van der Waals surface area contributed by atoms with Gasteiger partial charge in [0.2, 0.25) is 11.8 Å². The number of carbonyl (C=O) groups is 2. The Kier molecular flexibility index (Phi) is 5.15. The van der Waals surface area contributed by atoms with Gasteiger partial charge in [0.25, 0.3) is 0 Å². The van der Waals surface area contributed by atoms with Crippen molar-refractivity contribution >= 4 is 35.0 Å². The quantitative estimate of drug-likeness (QED) is 0.666. The number of nitrogens with one attached hydrogen (secondary N) is 1. The first-order valence-corrected chi connectivity index (χ1v) is 10.3. The summed E-state index contributed by atoms with van der Waals surface area (Å²) >= 11 is 1.39. The lowest BCUT2D eigenvalue weighted by Crippen LogP contribution is -2.45. The molecule has 7 heteroatoms. The van der Waals surface area contributed by atoms with E-state index in [0.717, 1.165) is 16.5 Å². The Morgan fingerprint density at radius 3 is 2.66 bits per heavy atom. The second-order valence-corrected chi connectivity index (χ2v) is 8.48. The number of aryl methyl sites for hydroxylation is 2. The summed E-state index contributed by atoms with van der Waals surface area (Å²) in [7, 11) is 0. The lowest BCUT2D eigenvalue weighted by molar-refractivity contribution is -0.121. The Hall–Kier alpha value is -3.06. The highest BCUT2D eigenvalue weighted by Crippen LogP contribution is 2.32. The molecular weight excluding hydrogens is 384 g/mol. The molecule has 0 bridgehead atoms. The van der Waals surface area contributed by atoms with Gasteiger partial charge in [0, 0.05) is 18.1 Å². The molecule has 0 saturated heterocycles. The Morgan fingerprint density at radius 2 is 1.90 bits per heavy atom. The molecule has 0 aliphatic carbocycles. The number of fused-ring (bicyclic) bond motifs is 1. The summed E-state index contributed by atoms with van der Waals surface area (Å²) in [5.41, 5.74) is 4.74. The third-order valence-electron chi connectivity index (χ3n) is 4.76. The maximum Gasteiger partial charge on any atom is 0.244 e. The van der Waals surface area contributed by atoms with Crippen LogP contribution in [0.25, 0.3) is 5.69 Å². The molecule has 1 N–H and O–H groups in total. The van der Waals surface area contributed by atoms with E-state index in [2.05, 4.69) is 42.3 Å². The van der Waals surface area contributed by atoms with Crippen LogP contribution in [0, 0.1) is 13.8 Å². The minimum Gasteiger partial charge on any atom is -0.323 e. The number of anilines is 2. The van der Waals surface area contributed by atoms with Crippen molar-refractivity contribution in [2.45, 2.75) is 31.2 Å². The number of hydrogen-bond acceptors (Lipinski definition) is 4. The summed E-state index contributed by atoms with van der Waals surface area (Å²) in [6, 6.07) is 13.7. The van der Waals surface area contributed by atoms with Gasteiger partial charge >= 0.3 is 0 Å². The van der Waals surface area contributed by atoms with Crippen LogP contribution in [0.3, 0.4) is 0 Å². The van der Waals surface area contributed by atoms with Gasteiger partial charge in [-0.3, -0.25) is 19.1 Å². The summed E-state index contributed by atoms with van der Waals surface area (Å²) in [5, 5.41) is 3.15. The molecule has 29 heavy (non-hydrogen) atoms. The fourth-order valence-electron chi connectivity index (χ4n) is 3.52. The predicted molar refractivity (Wildman–Crippen MR) is 116 cm³/mol. The maximum absolute atomic E-state index is 13.2. The molecule has 2 heterocycles. The molecule has 1 atom stereocenters. The van der Waals surface area contributed by atoms with Gasteiger partial charge in [-0.2, -0.15) is 0 Å². The van der Waals surface area contributed by atoms with Crippen molar-refractivity contribution in [1.29, 1.82) is 0 Å². The fraction of sp³-hybridized carbons (Fsp3) is 0.227. The highest BCUT2D eigenvalue weighted by Gasteiger charge is 2.30. The zero-order valence-electron chi connectivity index (χ0n) is 16.5. The minimum atomic E-state index is -0.402. The van der Waals surface area contributed by atoms with Crippen LogP contribution in [0.15, 0.2) is 60.0 Å². The van der Waals surface area contributed by atoms with Crippen LogP contribution in [0.1, 0.15) is 18.1 Å². The summed E-state index contributed by atoms with van der Waals surface area (Å²) in [4.78, 5) is 31.2. The van der Waals surface area contributed by atoms with Crippen molar-refractivity contribution in [2.75, 3.05) is 16.8 Å². The molecule has 6 nitrogen and oxygen atoms in total. The summed E-state index contributed by atoms with van der Waals surface area (Å²) < 4.78 is 1.99. The molecule has 1 aliphatic rings. The molecule has 2 amide bonds. The van der Waals surface area contributed by atoms with Crippen LogP contribution in [0.2, 0.25) is 0 Å². The number of amides is 2. The van der Waals surface area contributed by atoms with E-state index in [1.165, 1.54) is 22.9 Å². The second-order valence-electron chi connectivity index (χ2n) is 7.18. The van der Waals surface area contributed by atoms with E-state index in [1.807, 2.05) is 35.9 Å². The molecule has 0 fully saturated rings. The van der Waals surface area contributed by atoms with Crippen LogP contribution in [-0.4, -0.2) is 33.2 Å². The minimum absolute atomic E-state index is 0.0201. The lowest BCUT2D eigenvalue weighted by atomic mass is 10.1. The molecule has 4 rings (SSSR count). The van der Waals surface area contributed by atoms with Crippen molar-refractivity contribution in [1.82, 2.24) is 9.55 Å². The van der Waals surface area contributed by atoms with Crippen molar-refractivity contribution in [3.63, 3.8) is 0 Å². The number of carbonyl (C=O) groups excluding carboxylic acids is 2. The van der Waals surface area contributed by atoms with E-state index in [1.54, 1.807) is 17.2 Å². The van der Waals surface area contributed by atoms with Crippen LogP contribution >= 0.6 is 11.8 Å². The fourth-order valence-corrected chi connectivity index (χ4v) is 4.47. The first-order chi connectivity index (χ1) is 13.9. The molecule has 0 unspecified atom stereocenters. The smallest absolute Gasteiger partial charge is 0.244 e. The normalized spacial score (nSPS) is 14.3. The molecular formula is C22H22N4O2S. The average molecular weight is 407 g/mol. The lowest BCUT2D eigenvalue weighted by Gasteiger charge is -2.30. The SMILES string of the molecule is Cc1cc(C)cc(-n2ccnc2S[C@@H](C)C(=O)N2CC(=O)Nc3ccccc32)c1. The van der Waals surface area contributed by atoms with Gasteiger partial charge in [-0.15, -0.1) is 0 Å². The van der Waals surface area contributed by atoms with E-state index < -0.39 is 5.25 Å². The third kappa shape index (κ3) is 3.91. The molecule has 148 valence electrons. The molecule has 2 aromatic carbocycles. The van der Waals surface area contributed by atoms with Crippen LogP contribution in [-0.2, 0) is 9.59 Å². The van der Waals surface area contributed by atoms with Gasteiger partial charge in [0.05, 0.1) is 16.6 Å². The number of nitrogens with zero attached hydrogens (tertiary/aromatic N) is 3. The predicted octanol–water partition coefficient (Wildman–Crippen LogP) is 3.96. The number of thioether (sulfide) groups is 1. The summed E-state index contributed by atoms with van der Waals surface area (Å²) in [6.45, 7) is 5.99. The van der Waals surface area contributed by atoms with Gasteiger partial charge in [-0.1, -0.05) is 30.0 Å². The van der Waals surface area contributed by atoms with E-state index in [4.69, 9.17) is 0 Å². The Labute approximate surface area is 173 Å². The maximum atomic E-state index is 13.2. The Bertz CT molecular complexity index is 1070. The summed E-state index contributed by atoms with van der Waals surface area (Å²) in [6.07, 6.45) is 3.64. The zero-order chi connectivity index (χ0) is 20.5. The summed E-state index contributed by atoms with van der Waals surface area (Å²) in [5.74, 6) is -0.307. The highest BCUT2D eigenvalue weighted by molar-refractivity contribution is 8.00. The zero-order valence-corrected chi connectivity index (χ0v) is 17.4. The number of rotatable bonds is 4. The molecule has 1 aromatic heterocycles. The van der Waals surface area contributed by atoms with Crippen molar-refractivity contribution in [3.8, 4) is 5.69 Å². The monoisotopic (exact) mass is 406 g/mol. The van der Waals surface area contributed by atoms with Gasteiger partial charge < -0.3 is 5.32 Å². The number of benzene rings is 2. The highest BCUT2D eigenvalue weighted by atomic mass is 32.2. The van der Waals surface area contributed by atoms with Gasteiger partial charge in [0.1, 0.15) is 6.54 Å². The topological polar surface area (TPSA) is 67.2 Å². The van der Waals surface area contributed by atoms with E-state index >= 15 is 0 Å². The molecule has 0 radical (unpaired) electrons. The number of hydrogen-bond donors (Lipinski definition) is 1. The van der Waals surface area contributed by atoms with Crippen molar-refractivity contribution in [2.24, 2.45) is 0 Å². The number of para-hydroxylation sites is 2. The van der Waals surface area contributed by atoms with Gasteiger partial charge in [0.15, 0.2) is 5.16 Å². The molecule has 1 aliphatic heterocycles. The molecule has 3 aromatic rings. The van der Waals surface area contributed by atoms with Crippen molar-refractivity contribution in [3.05, 3.63) is 66.0 Å². The van der Waals surface area contributed by atoms with E-state index in [0.29, 0.717) is 5.69 Å². The number of aromatic nitrogens is 2. The number of imidazole rings is 1. The standard InChI is InChI=1S/C22H22N4O2S/c1-14-10-15(2)12-17(11-14)25-9-8-23-22(25)29-16(3)21(28)26-13-20(27)24-18-6-4-5-7-19(18)26/h4-12,16H,13H2,1-3H3,(H,24,27)/t16-/m0/s1. The van der Waals surface area contributed by atoms with Crippen molar-refractivity contribution < 1.29 is 9.59 Å². The van der Waals surface area contributed by atoms with Crippen LogP contribution < -0.4 is 10.2 Å². The van der Waals surface area contributed by atoms with Gasteiger partial charge in [-0.25, -0.2) is 4.98 Å².